The highest BCUT2D eigenvalue weighted by Crippen LogP contribution is 2.33. The van der Waals surface area contributed by atoms with Crippen molar-refractivity contribution in [3.63, 3.8) is 0 Å². The van der Waals surface area contributed by atoms with Crippen molar-refractivity contribution >= 4 is 29.6 Å². The van der Waals surface area contributed by atoms with Crippen molar-refractivity contribution in [1.82, 2.24) is 21.3 Å². The summed E-state index contributed by atoms with van der Waals surface area (Å²) in [5, 5.41) is 11.9. The van der Waals surface area contributed by atoms with Gasteiger partial charge in [-0.1, -0.05) is 13.0 Å². The van der Waals surface area contributed by atoms with E-state index in [1.165, 1.54) is 6.08 Å². The van der Waals surface area contributed by atoms with Gasteiger partial charge in [0, 0.05) is 30.5 Å². The Morgan fingerprint density at radius 2 is 1.51 bits per heavy atom. The van der Waals surface area contributed by atoms with Crippen LogP contribution in [-0.2, 0) is 28.5 Å². The molecule has 0 radical (unpaired) electrons. The van der Waals surface area contributed by atoms with Crippen LogP contribution in [-0.4, -0.2) is 107 Å². The number of unbranched alkanes of at least 4 members (excludes halogenated alkanes) is 1. The summed E-state index contributed by atoms with van der Waals surface area (Å²) in [6, 6.07) is 0.417. The van der Waals surface area contributed by atoms with Crippen LogP contribution in [0.25, 0.3) is 0 Å². The molecule has 2 saturated heterocycles. The first-order valence-electron chi connectivity index (χ1n) is 12.3. The van der Waals surface area contributed by atoms with Crippen LogP contribution in [0.1, 0.15) is 25.7 Å². The summed E-state index contributed by atoms with van der Waals surface area (Å²) in [4.78, 5) is 34.3. The van der Waals surface area contributed by atoms with E-state index >= 15 is 0 Å². The quantitative estimate of drug-likeness (QED) is 0.0965. The lowest BCUT2D eigenvalue weighted by molar-refractivity contribution is -0.121. The Hall–Kier alpha value is -1.86. The van der Waals surface area contributed by atoms with Crippen LogP contribution in [0.3, 0.4) is 0 Å². The van der Waals surface area contributed by atoms with E-state index in [1.54, 1.807) is 0 Å². The highest BCUT2D eigenvalue weighted by molar-refractivity contribution is 8.00. The van der Waals surface area contributed by atoms with E-state index in [2.05, 4.69) is 27.8 Å². The van der Waals surface area contributed by atoms with Crippen molar-refractivity contribution in [1.29, 1.82) is 0 Å². The van der Waals surface area contributed by atoms with Crippen molar-refractivity contribution in [2.45, 2.75) is 43.0 Å². The molecule has 0 unspecified atom stereocenters. The van der Waals surface area contributed by atoms with Gasteiger partial charge in [-0.05, 0) is 18.9 Å². The minimum Gasteiger partial charge on any atom is -0.377 e. The first kappa shape index (κ1) is 29.4. The molecule has 0 spiro atoms. The Labute approximate surface area is 211 Å². The molecule has 0 aromatic carbocycles. The van der Waals surface area contributed by atoms with E-state index < -0.39 is 0 Å². The molecule has 12 heteroatoms. The molecular weight excluding hydrogens is 476 g/mol. The first-order valence-corrected chi connectivity index (χ1v) is 13.3. The second kappa shape index (κ2) is 18.4. The minimum atomic E-state index is -0.213. The maximum Gasteiger partial charge on any atom is 0.315 e. The molecule has 4 N–H and O–H groups in total. The van der Waals surface area contributed by atoms with Gasteiger partial charge in [0.1, 0.15) is 0 Å². The largest absolute Gasteiger partial charge is 0.377 e. The number of hydrogen-bond donors (Lipinski definition) is 4. The zero-order chi connectivity index (χ0) is 25.1. The lowest BCUT2D eigenvalue weighted by Gasteiger charge is -2.16. The number of carbonyl (C=O) groups excluding carboxylic acids is 3. The summed E-state index contributed by atoms with van der Waals surface area (Å²) in [5.41, 5.74) is 0. The van der Waals surface area contributed by atoms with E-state index in [0.717, 1.165) is 25.0 Å². The normalized spacial score (nSPS) is 20.7. The summed E-state index contributed by atoms with van der Waals surface area (Å²) < 4.78 is 21.6. The number of urea groups is 1. The fraction of sp³-hybridized carbons (Fsp3) is 0.783. The Morgan fingerprint density at radius 3 is 2.14 bits per heavy atom. The van der Waals surface area contributed by atoms with Gasteiger partial charge in [-0.15, -0.1) is 0 Å². The SMILES string of the molecule is C=CC(=O)NCCOCCOCCOCCOCCNC(=O)CCCC[C@@H]1SC[C@@H]2NC(=O)N[C@@H]21. The van der Waals surface area contributed by atoms with Crippen molar-refractivity contribution in [2.24, 2.45) is 0 Å². The zero-order valence-electron chi connectivity index (χ0n) is 20.4. The molecule has 2 rings (SSSR count). The molecule has 200 valence electrons. The number of ether oxygens (including phenoxy) is 4. The molecule has 3 atom stereocenters. The smallest absolute Gasteiger partial charge is 0.315 e. The number of thioether (sulfide) groups is 1. The van der Waals surface area contributed by atoms with Gasteiger partial charge < -0.3 is 40.2 Å². The lowest BCUT2D eigenvalue weighted by Crippen LogP contribution is -2.36. The van der Waals surface area contributed by atoms with Crippen LogP contribution < -0.4 is 21.3 Å². The maximum absolute atomic E-state index is 11.9. The third-order valence-electron chi connectivity index (χ3n) is 5.50. The van der Waals surface area contributed by atoms with Crippen LogP contribution >= 0.6 is 11.8 Å². The van der Waals surface area contributed by atoms with Gasteiger partial charge in [-0.2, -0.15) is 11.8 Å². The second-order valence-electron chi connectivity index (χ2n) is 8.16. The molecule has 2 aliphatic rings. The molecule has 11 nitrogen and oxygen atoms in total. The molecule has 0 saturated carbocycles. The van der Waals surface area contributed by atoms with Crippen LogP contribution in [0.4, 0.5) is 4.79 Å². The summed E-state index contributed by atoms with van der Waals surface area (Å²) in [5.74, 6) is 0.791. The van der Waals surface area contributed by atoms with Crippen molar-refractivity contribution in [3.05, 3.63) is 12.7 Å². The standard InChI is InChI=1S/C23H40N4O7S/c1-2-20(28)24-7-9-31-11-13-33-15-16-34-14-12-32-10-8-25-21(29)6-4-3-5-19-22-18(17-35-19)26-23(30)27-22/h2,18-19,22H,1,3-17H2,(H,24,28)(H,25,29)(H2,26,27,30)/t18-,19-,22-/m0/s1. The molecule has 2 heterocycles. The molecule has 2 fully saturated rings. The fourth-order valence-electron chi connectivity index (χ4n) is 3.71. The van der Waals surface area contributed by atoms with Gasteiger partial charge in [-0.3, -0.25) is 9.59 Å². The highest BCUT2D eigenvalue weighted by atomic mass is 32.2. The number of amides is 4. The molecule has 0 bridgehead atoms. The molecule has 0 aromatic heterocycles. The van der Waals surface area contributed by atoms with Crippen molar-refractivity contribution < 1.29 is 33.3 Å². The predicted octanol–water partition coefficient (Wildman–Crippen LogP) is 0.197. The van der Waals surface area contributed by atoms with E-state index in [4.69, 9.17) is 18.9 Å². The molecule has 4 amide bonds. The van der Waals surface area contributed by atoms with Gasteiger partial charge in [0.15, 0.2) is 0 Å². The fourth-order valence-corrected chi connectivity index (χ4v) is 5.25. The number of fused-ring (bicyclic) bond motifs is 1. The number of rotatable bonds is 21. The molecule has 2 aliphatic heterocycles. The van der Waals surface area contributed by atoms with Crippen LogP contribution in [0.5, 0.6) is 0 Å². The number of nitrogens with one attached hydrogen (secondary N) is 4. The highest BCUT2D eigenvalue weighted by Gasteiger charge is 2.42. The Kier molecular flexibility index (Phi) is 15.5. The lowest BCUT2D eigenvalue weighted by atomic mass is 10.0. The molecule has 0 aromatic rings. The summed E-state index contributed by atoms with van der Waals surface area (Å²) in [7, 11) is 0. The third kappa shape index (κ3) is 13.1. The van der Waals surface area contributed by atoms with E-state index in [-0.39, 0.29) is 29.9 Å². The monoisotopic (exact) mass is 516 g/mol. The predicted molar refractivity (Wildman–Crippen MR) is 133 cm³/mol. The summed E-state index contributed by atoms with van der Waals surface area (Å²) >= 11 is 1.90. The van der Waals surface area contributed by atoms with Crippen molar-refractivity contribution in [2.75, 3.05) is 71.7 Å². The first-order chi connectivity index (χ1) is 17.1. The third-order valence-corrected chi connectivity index (χ3v) is 7.00. The average molecular weight is 517 g/mol. The topological polar surface area (TPSA) is 136 Å². The van der Waals surface area contributed by atoms with E-state index in [0.29, 0.717) is 77.6 Å². The molecule has 0 aliphatic carbocycles. The van der Waals surface area contributed by atoms with Gasteiger partial charge >= 0.3 is 6.03 Å². The second-order valence-corrected chi connectivity index (χ2v) is 9.43. The van der Waals surface area contributed by atoms with Gasteiger partial charge in [0.2, 0.25) is 11.8 Å². The van der Waals surface area contributed by atoms with Gasteiger partial charge in [0.25, 0.3) is 0 Å². The van der Waals surface area contributed by atoms with E-state index in [9.17, 15) is 14.4 Å². The maximum atomic E-state index is 11.9. The number of hydrogen-bond acceptors (Lipinski definition) is 8. The average Bonchev–Trinajstić information content (AvgIpc) is 3.40. The Bertz CT molecular complexity index is 655. The van der Waals surface area contributed by atoms with Crippen molar-refractivity contribution in [3.8, 4) is 0 Å². The van der Waals surface area contributed by atoms with E-state index in [1.807, 2.05) is 11.8 Å². The minimum absolute atomic E-state index is 0.0419. The van der Waals surface area contributed by atoms with Gasteiger partial charge in [0.05, 0.1) is 64.9 Å². The zero-order valence-corrected chi connectivity index (χ0v) is 21.2. The van der Waals surface area contributed by atoms with Crippen LogP contribution in [0.2, 0.25) is 0 Å². The molecular formula is C23H40N4O7S. The van der Waals surface area contributed by atoms with Crippen LogP contribution in [0.15, 0.2) is 12.7 Å². The summed E-state index contributed by atoms with van der Waals surface area (Å²) in [6.07, 6.45) is 4.57. The van der Waals surface area contributed by atoms with Crippen LogP contribution in [0, 0.1) is 0 Å². The number of carbonyl (C=O) groups is 3. The Balaban J connectivity index is 1.26. The molecule has 35 heavy (non-hydrogen) atoms. The van der Waals surface area contributed by atoms with Gasteiger partial charge in [-0.25, -0.2) is 4.79 Å². The Morgan fingerprint density at radius 1 is 0.914 bits per heavy atom. The summed E-state index contributed by atoms with van der Waals surface area (Å²) in [6.45, 7) is 7.96.